The number of carbonyl (C=O) groups excluding carboxylic acids is 1. The predicted octanol–water partition coefficient (Wildman–Crippen LogP) is 2.41. The number of carbonyl (C=O) groups is 1. The number of aromatic nitrogens is 2. The van der Waals surface area contributed by atoms with E-state index in [1.807, 2.05) is 6.07 Å². The summed E-state index contributed by atoms with van der Waals surface area (Å²) in [6.07, 6.45) is 0. The number of nitrogens with zero attached hydrogens (tertiary/aromatic N) is 4. The second-order valence-corrected chi connectivity index (χ2v) is 4.71. The Bertz CT molecular complexity index is 712. The molecule has 0 N–H and O–H groups in total. The number of hydrogen-bond acceptors (Lipinski definition) is 4. The molecule has 1 aromatic heterocycles. The summed E-state index contributed by atoms with van der Waals surface area (Å²) in [7, 11) is 1.51. The summed E-state index contributed by atoms with van der Waals surface area (Å²) in [6.45, 7) is 0.0183. The Labute approximate surface area is 125 Å². The molecule has 0 aliphatic carbocycles. The maximum absolute atomic E-state index is 13.7. The first-order chi connectivity index (χ1) is 10.0. The molecule has 2 rings (SSSR count). The van der Waals surface area contributed by atoms with Crippen molar-refractivity contribution in [1.29, 1.82) is 5.26 Å². The van der Waals surface area contributed by atoms with Crippen LogP contribution in [-0.4, -0.2) is 28.1 Å². The average molecular weight is 305 g/mol. The van der Waals surface area contributed by atoms with Crippen LogP contribution in [0.4, 0.5) is 4.39 Å². The van der Waals surface area contributed by atoms with E-state index in [0.717, 1.165) is 0 Å². The van der Waals surface area contributed by atoms with Crippen molar-refractivity contribution in [2.75, 3.05) is 7.05 Å². The fourth-order valence-corrected chi connectivity index (χ4v) is 1.82. The van der Waals surface area contributed by atoms with Crippen LogP contribution >= 0.6 is 11.6 Å². The first-order valence-corrected chi connectivity index (χ1v) is 6.32. The van der Waals surface area contributed by atoms with Gasteiger partial charge < -0.3 is 4.90 Å². The number of benzene rings is 1. The molecule has 0 aliphatic rings. The maximum atomic E-state index is 13.7. The van der Waals surface area contributed by atoms with Crippen LogP contribution in [0.5, 0.6) is 0 Å². The largest absolute Gasteiger partial charge is 0.336 e. The summed E-state index contributed by atoms with van der Waals surface area (Å²) < 4.78 is 13.7. The highest BCUT2D eigenvalue weighted by molar-refractivity contribution is 6.29. The number of amides is 1. The molecule has 0 aliphatic heterocycles. The van der Waals surface area contributed by atoms with Crippen LogP contribution in [0.2, 0.25) is 5.15 Å². The first-order valence-electron chi connectivity index (χ1n) is 5.94. The molecule has 0 atom stereocenters. The summed E-state index contributed by atoms with van der Waals surface area (Å²) in [5, 5.41) is 16.3. The third kappa shape index (κ3) is 3.52. The second-order valence-electron chi connectivity index (χ2n) is 4.32. The summed E-state index contributed by atoms with van der Waals surface area (Å²) in [6, 6.07) is 8.81. The molecular formula is C14H10ClFN4O. The van der Waals surface area contributed by atoms with Crippen LogP contribution in [0.1, 0.15) is 21.6 Å². The predicted molar refractivity (Wildman–Crippen MR) is 74.0 cm³/mol. The lowest BCUT2D eigenvalue weighted by Gasteiger charge is -2.17. The number of hydrogen-bond donors (Lipinski definition) is 0. The third-order valence-electron chi connectivity index (χ3n) is 2.78. The van der Waals surface area contributed by atoms with E-state index in [0.29, 0.717) is 5.56 Å². The normalized spacial score (nSPS) is 10.0. The molecule has 7 heteroatoms. The van der Waals surface area contributed by atoms with Crippen LogP contribution in [0, 0.1) is 17.1 Å². The van der Waals surface area contributed by atoms with Crippen molar-refractivity contribution < 1.29 is 9.18 Å². The van der Waals surface area contributed by atoms with E-state index in [-0.39, 0.29) is 23.0 Å². The molecule has 0 spiro atoms. The van der Waals surface area contributed by atoms with Crippen LogP contribution in [0.25, 0.3) is 0 Å². The minimum Gasteiger partial charge on any atom is -0.336 e. The Morgan fingerprint density at radius 3 is 2.76 bits per heavy atom. The van der Waals surface area contributed by atoms with E-state index >= 15 is 0 Å². The van der Waals surface area contributed by atoms with Gasteiger partial charge in [-0.2, -0.15) is 5.26 Å². The van der Waals surface area contributed by atoms with Gasteiger partial charge in [-0.3, -0.25) is 4.79 Å². The van der Waals surface area contributed by atoms with Gasteiger partial charge in [-0.05, 0) is 30.3 Å². The van der Waals surface area contributed by atoms with Crippen LogP contribution < -0.4 is 0 Å². The molecule has 21 heavy (non-hydrogen) atoms. The van der Waals surface area contributed by atoms with Gasteiger partial charge in [0.25, 0.3) is 5.91 Å². The SMILES string of the molecule is CN(Cc1cc(C#N)ccc1F)C(=O)c1ccc(Cl)nn1. The van der Waals surface area contributed by atoms with Crippen molar-refractivity contribution in [3.63, 3.8) is 0 Å². The van der Waals surface area contributed by atoms with Crippen LogP contribution in [0.15, 0.2) is 30.3 Å². The molecule has 1 amide bonds. The van der Waals surface area contributed by atoms with E-state index in [2.05, 4.69) is 10.2 Å². The Hall–Kier alpha value is -2.52. The minimum absolute atomic E-state index is 0.0183. The van der Waals surface area contributed by atoms with Crippen LogP contribution in [-0.2, 0) is 6.54 Å². The summed E-state index contributed by atoms with van der Waals surface area (Å²) in [5.74, 6) is -0.892. The molecule has 106 valence electrons. The molecule has 2 aromatic rings. The van der Waals surface area contributed by atoms with Crippen molar-refractivity contribution in [1.82, 2.24) is 15.1 Å². The van der Waals surface area contributed by atoms with Crippen LogP contribution in [0.3, 0.4) is 0 Å². The summed E-state index contributed by atoms with van der Waals surface area (Å²) >= 11 is 5.60. The molecule has 1 heterocycles. The van der Waals surface area contributed by atoms with E-state index in [1.165, 1.54) is 42.3 Å². The lowest BCUT2D eigenvalue weighted by atomic mass is 10.1. The topological polar surface area (TPSA) is 69.9 Å². The molecule has 0 fully saturated rings. The van der Waals surface area contributed by atoms with Gasteiger partial charge in [0.05, 0.1) is 11.6 Å². The van der Waals surface area contributed by atoms with Gasteiger partial charge in [0.15, 0.2) is 10.8 Å². The Kier molecular flexibility index (Phi) is 4.45. The van der Waals surface area contributed by atoms with E-state index in [1.54, 1.807) is 0 Å². The van der Waals surface area contributed by atoms with Crippen molar-refractivity contribution in [3.05, 3.63) is 58.1 Å². The minimum atomic E-state index is -0.476. The van der Waals surface area contributed by atoms with Gasteiger partial charge in [0.1, 0.15) is 5.82 Å². The van der Waals surface area contributed by atoms with E-state index in [9.17, 15) is 9.18 Å². The molecule has 0 unspecified atom stereocenters. The zero-order valence-corrected chi connectivity index (χ0v) is 11.8. The van der Waals surface area contributed by atoms with Gasteiger partial charge in [0, 0.05) is 19.2 Å². The Balaban J connectivity index is 2.18. The zero-order valence-electron chi connectivity index (χ0n) is 11.0. The highest BCUT2D eigenvalue weighted by atomic mass is 35.5. The van der Waals surface area contributed by atoms with Gasteiger partial charge in [-0.25, -0.2) is 4.39 Å². The molecule has 0 radical (unpaired) electrons. The van der Waals surface area contributed by atoms with Crippen molar-refractivity contribution in [3.8, 4) is 6.07 Å². The molecule has 0 saturated carbocycles. The van der Waals surface area contributed by atoms with E-state index in [4.69, 9.17) is 16.9 Å². The molecule has 1 aromatic carbocycles. The average Bonchev–Trinajstić information content (AvgIpc) is 2.49. The van der Waals surface area contributed by atoms with Crippen molar-refractivity contribution in [2.24, 2.45) is 0 Å². The Morgan fingerprint density at radius 1 is 1.38 bits per heavy atom. The van der Waals surface area contributed by atoms with Crippen molar-refractivity contribution >= 4 is 17.5 Å². The highest BCUT2D eigenvalue weighted by Crippen LogP contribution is 2.13. The lowest BCUT2D eigenvalue weighted by Crippen LogP contribution is -2.27. The lowest BCUT2D eigenvalue weighted by molar-refractivity contribution is 0.0777. The monoisotopic (exact) mass is 304 g/mol. The quantitative estimate of drug-likeness (QED) is 0.873. The van der Waals surface area contributed by atoms with Gasteiger partial charge in [0.2, 0.25) is 0 Å². The smallest absolute Gasteiger partial charge is 0.274 e. The summed E-state index contributed by atoms with van der Waals surface area (Å²) in [4.78, 5) is 13.4. The maximum Gasteiger partial charge on any atom is 0.274 e. The Morgan fingerprint density at radius 2 is 2.14 bits per heavy atom. The fraction of sp³-hybridized carbons (Fsp3) is 0.143. The van der Waals surface area contributed by atoms with Gasteiger partial charge in [-0.15, -0.1) is 10.2 Å². The summed E-state index contributed by atoms with van der Waals surface area (Å²) in [5.41, 5.74) is 0.698. The number of rotatable bonds is 3. The fourth-order valence-electron chi connectivity index (χ4n) is 1.72. The first kappa shape index (κ1) is 14.9. The van der Waals surface area contributed by atoms with Crippen molar-refractivity contribution in [2.45, 2.75) is 6.54 Å². The zero-order chi connectivity index (χ0) is 15.4. The van der Waals surface area contributed by atoms with Gasteiger partial charge >= 0.3 is 0 Å². The molecule has 5 nitrogen and oxygen atoms in total. The standard InChI is InChI=1S/C14H10ClFN4O/c1-20(14(21)12-4-5-13(15)19-18-12)8-10-6-9(7-17)2-3-11(10)16/h2-6H,8H2,1H3. The van der Waals surface area contributed by atoms with E-state index < -0.39 is 11.7 Å². The molecule has 0 saturated heterocycles. The third-order valence-corrected chi connectivity index (χ3v) is 2.98. The number of nitriles is 1. The second kappa shape index (κ2) is 6.29. The van der Waals surface area contributed by atoms with Gasteiger partial charge in [-0.1, -0.05) is 11.6 Å². The molecule has 0 bridgehead atoms. The number of halogens is 2. The molecular weight excluding hydrogens is 295 g/mol. The highest BCUT2D eigenvalue weighted by Gasteiger charge is 2.16.